The Morgan fingerprint density at radius 3 is 2.02 bits per heavy atom. The number of thioether (sulfide) groups is 1. The number of ether oxygens (including phenoxy) is 5. The van der Waals surface area contributed by atoms with Gasteiger partial charge in [-0.1, -0.05) is 47.6 Å². The first-order chi connectivity index (χ1) is 29.5. The second kappa shape index (κ2) is 30.4. The Kier molecular flexibility index (Phi) is 28.5. The number of aliphatic hydroxyl groups excluding tert-OH is 6. The molecule has 0 spiro atoms. The minimum absolute atomic E-state index is 0. The van der Waals surface area contributed by atoms with E-state index >= 15 is 0 Å². The highest BCUT2D eigenvalue weighted by Crippen LogP contribution is 2.25. The number of unbranched alkanes of at least 4 members (excludes halogenated alkanes) is 1. The molecule has 2 aliphatic rings. The third kappa shape index (κ3) is 19.1. The molecule has 0 saturated carbocycles. The van der Waals surface area contributed by atoms with Crippen LogP contribution >= 0.6 is 74.3 Å². The maximum absolute atomic E-state index is 11.6. The van der Waals surface area contributed by atoms with Gasteiger partial charge >= 0.3 is 0 Å². The fourth-order valence-electron chi connectivity index (χ4n) is 6.71. The van der Waals surface area contributed by atoms with Gasteiger partial charge in [-0.25, -0.2) is 9.97 Å². The lowest BCUT2D eigenvalue weighted by Crippen LogP contribution is -2.57. The minimum Gasteiger partial charge on any atom is -0.494 e. The average Bonchev–Trinajstić information content (AvgIpc) is 3.24. The number of hydrogen-bond acceptors (Lipinski definition) is 20. The number of anilines is 2. The van der Waals surface area contributed by atoms with E-state index in [4.69, 9.17) is 57.9 Å². The Morgan fingerprint density at radius 2 is 1.46 bits per heavy atom. The van der Waals surface area contributed by atoms with Gasteiger partial charge in [-0.3, -0.25) is 15.1 Å². The molecule has 20 nitrogen and oxygen atoms in total. The van der Waals surface area contributed by atoms with Gasteiger partial charge in [0.2, 0.25) is 0 Å². The minimum atomic E-state index is -1.44. The molecule has 2 saturated heterocycles. The number of nitrogens with one attached hydrogen (secondary N) is 2. The van der Waals surface area contributed by atoms with Crippen LogP contribution in [0.4, 0.5) is 11.6 Å². The second-order valence-electron chi connectivity index (χ2n) is 14.9. The molecule has 10 atom stereocenters. The summed E-state index contributed by atoms with van der Waals surface area (Å²) in [5.41, 5.74) is 17.5. The smallest absolute Gasteiger partial charge is 0.279 e. The summed E-state index contributed by atoms with van der Waals surface area (Å²) in [5.74, 6) is -0.115. The zero-order valence-electron chi connectivity index (χ0n) is 36.4. The maximum Gasteiger partial charge on any atom is 0.279 e. The quantitative estimate of drug-likeness (QED) is 0.0367. The number of aromatic nitrogens is 2. The van der Waals surface area contributed by atoms with Gasteiger partial charge in [-0.2, -0.15) is 27.0 Å². The van der Waals surface area contributed by atoms with Crippen molar-refractivity contribution in [2.24, 2.45) is 5.73 Å². The van der Waals surface area contributed by atoms with E-state index in [0.29, 0.717) is 31.9 Å². The molecule has 1 aromatic heterocycles. The molecule has 1 amide bonds. The number of carbonyl (C=O) groups is 1. The summed E-state index contributed by atoms with van der Waals surface area (Å²) in [6.07, 6.45) is -6.14. The van der Waals surface area contributed by atoms with E-state index in [2.05, 4.69) is 33.5 Å². The number of amidine groups is 1. The van der Waals surface area contributed by atoms with Crippen molar-refractivity contribution in [2.75, 3.05) is 63.7 Å². The summed E-state index contributed by atoms with van der Waals surface area (Å²) >= 11 is 6.67. The van der Waals surface area contributed by atoms with Crippen molar-refractivity contribution in [2.45, 2.75) is 101 Å². The molecule has 3 heterocycles. The summed E-state index contributed by atoms with van der Waals surface area (Å²) < 4.78 is 27.5. The van der Waals surface area contributed by atoms with Gasteiger partial charge in [0.1, 0.15) is 42.4 Å². The lowest BCUT2D eigenvalue weighted by atomic mass is 10.00. The molecule has 2 fully saturated rings. The van der Waals surface area contributed by atoms with Crippen molar-refractivity contribution in [3.63, 3.8) is 0 Å². The van der Waals surface area contributed by atoms with Crippen molar-refractivity contribution < 1.29 is 59.1 Å². The number of nitrogens with two attached hydrogens (primary N) is 3. The van der Waals surface area contributed by atoms with E-state index < -0.39 is 67.3 Å². The molecule has 0 bridgehead atoms. The fourth-order valence-corrected chi connectivity index (χ4v) is 7.03. The number of halogens is 2. The number of rotatable bonds is 18. The van der Waals surface area contributed by atoms with Crippen LogP contribution in [0.3, 0.4) is 0 Å². The first-order valence-electron chi connectivity index (χ1n) is 20.2. The lowest BCUT2D eigenvalue weighted by molar-refractivity contribution is -0.274. The SMILES string of the molecule is CC1OC[C@@H](O)[C@H]([C@H](O)[C@@H](O)CN(CCCOc2ccc3cc(CCCCN)ccc3c2)C[C@H](O)[C@@H](O)[C@@H]2OC(C)OC[C@H]2O)O1.CSC(=N)NC(=O)c1nc(Cl)c(N)nc1N.I.S.S. The highest BCUT2D eigenvalue weighted by Gasteiger charge is 2.40. The number of fused-ring (bicyclic) bond motifs is 1. The molecule has 0 aliphatic carbocycles. The molecule has 370 valence electrons. The van der Waals surface area contributed by atoms with Crippen molar-refractivity contribution in [3.05, 3.63) is 52.8 Å². The highest BCUT2D eigenvalue weighted by atomic mass is 127. The number of nitrogens with zero attached hydrogens (tertiary/aromatic N) is 3. The molecule has 25 heteroatoms. The number of aryl methyl sites for hydroxylation is 1. The zero-order valence-corrected chi connectivity index (χ0v) is 42.3. The van der Waals surface area contributed by atoms with E-state index in [9.17, 15) is 35.4 Å². The standard InChI is InChI=1S/C33H52N2O11.C7H9ClN6OS.HI.2H2S/c1-20-43-18-28(38)32(45-20)30(40)26(36)16-35(17-27(37)31(41)33-29(39)19-44-21(2)46-33)12-5-13-42-25-10-9-23-14-22(6-3-4-11-34)7-8-24(23)15-25;1-16-7(11)14-6(15)2-4(9)13-5(10)3(8)12-2;;;/h7-10,14-15,20-21,26-33,36-41H,3-6,11-13,16-19,34H2,1-2H3;1H3,(H4,9,10,13)(H2,11,14,15);1H;2*1H2/t20?,21?,26-,27-,28+,29+,30+,31+,32+,33+;;;;/m0..../s1. The summed E-state index contributed by atoms with van der Waals surface area (Å²) in [4.78, 5) is 20.6. The van der Waals surface area contributed by atoms with Crippen molar-refractivity contribution in [1.29, 1.82) is 5.41 Å². The van der Waals surface area contributed by atoms with Gasteiger partial charge < -0.3 is 76.8 Å². The third-order valence-corrected chi connectivity index (χ3v) is 10.8. The summed E-state index contributed by atoms with van der Waals surface area (Å²) in [7, 11) is 0. The largest absolute Gasteiger partial charge is 0.494 e. The van der Waals surface area contributed by atoms with Crippen molar-refractivity contribution in [3.8, 4) is 5.75 Å². The van der Waals surface area contributed by atoms with Crippen LogP contribution in [-0.2, 0) is 25.4 Å². The van der Waals surface area contributed by atoms with E-state index in [0.717, 1.165) is 41.8 Å². The van der Waals surface area contributed by atoms with Gasteiger partial charge in [0, 0.05) is 19.6 Å². The van der Waals surface area contributed by atoms with Crippen LogP contribution < -0.4 is 27.3 Å². The van der Waals surface area contributed by atoms with Crippen LogP contribution in [0, 0.1) is 5.41 Å². The van der Waals surface area contributed by atoms with Gasteiger partial charge in [0.05, 0.1) is 32.0 Å². The van der Waals surface area contributed by atoms with E-state index in [1.54, 1.807) is 25.0 Å². The molecule has 65 heavy (non-hydrogen) atoms. The summed E-state index contributed by atoms with van der Waals surface area (Å²) in [6, 6.07) is 12.3. The number of amides is 1. The van der Waals surface area contributed by atoms with Crippen molar-refractivity contribution in [1.82, 2.24) is 20.2 Å². The Bertz CT molecular complexity index is 1870. The van der Waals surface area contributed by atoms with Gasteiger partial charge in [0.15, 0.2) is 40.2 Å². The van der Waals surface area contributed by atoms with Gasteiger partial charge in [-0.15, -0.1) is 24.0 Å². The molecule has 3 aromatic rings. The van der Waals surface area contributed by atoms with Gasteiger partial charge in [-0.05, 0) is 80.8 Å². The van der Waals surface area contributed by atoms with Gasteiger partial charge in [0.25, 0.3) is 5.91 Å². The topological polar surface area (TPSA) is 328 Å². The van der Waals surface area contributed by atoms with Crippen LogP contribution in [-0.4, -0.2) is 170 Å². The summed E-state index contributed by atoms with van der Waals surface area (Å²) in [5, 5.41) is 75.7. The Morgan fingerprint density at radius 1 is 0.908 bits per heavy atom. The Labute approximate surface area is 419 Å². The molecule has 2 aromatic carbocycles. The molecular formula is C40H66ClIN8O12S3. The Balaban J connectivity index is 0.000000944. The van der Waals surface area contributed by atoms with Crippen LogP contribution in [0.2, 0.25) is 5.15 Å². The zero-order chi connectivity index (χ0) is 45.5. The molecular weight excluding hydrogens is 1040 g/mol. The summed E-state index contributed by atoms with van der Waals surface area (Å²) in [6.45, 7) is 4.31. The number of aliphatic hydroxyl groups is 6. The lowest BCUT2D eigenvalue weighted by Gasteiger charge is -2.39. The predicted molar refractivity (Wildman–Crippen MR) is 270 cm³/mol. The van der Waals surface area contributed by atoms with E-state index in [1.807, 2.05) is 18.2 Å². The van der Waals surface area contributed by atoms with Crippen LogP contribution in [0.1, 0.15) is 49.2 Å². The van der Waals surface area contributed by atoms with Crippen LogP contribution in [0.25, 0.3) is 10.8 Å². The maximum atomic E-state index is 11.6. The third-order valence-electron chi connectivity index (χ3n) is 10.0. The predicted octanol–water partition coefficient (Wildman–Crippen LogP) is 1.05. The first kappa shape index (κ1) is 60.9. The number of carbonyl (C=O) groups excluding carboxylic acids is 1. The highest BCUT2D eigenvalue weighted by molar-refractivity contribution is 14.0. The fraction of sp³-hybridized carbons (Fsp3) is 0.600. The van der Waals surface area contributed by atoms with Crippen molar-refractivity contribution >= 4 is 108 Å². The molecule has 0 radical (unpaired) electrons. The second-order valence-corrected chi connectivity index (χ2v) is 16.1. The molecule has 5 rings (SSSR count). The number of benzene rings is 2. The average molecular weight is 1110 g/mol. The monoisotopic (exact) mass is 1110 g/mol. The van der Waals surface area contributed by atoms with Crippen LogP contribution in [0.15, 0.2) is 36.4 Å². The van der Waals surface area contributed by atoms with Crippen LogP contribution in [0.5, 0.6) is 5.75 Å². The first-order valence-corrected chi connectivity index (χ1v) is 21.8. The number of hydrogen-bond donors (Lipinski definition) is 11. The normalized spacial score (nSPS) is 22.4. The number of nitrogen functional groups attached to an aromatic ring is 2. The molecule has 2 unspecified atom stereocenters. The molecule has 2 aliphatic heterocycles. The van der Waals surface area contributed by atoms with E-state index in [-0.39, 0.29) is 105 Å². The Hall–Kier alpha value is -2.09. The van der Waals surface area contributed by atoms with E-state index in [1.165, 1.54) is 5.56 Å². The molecule has 14 N–H and O–H groups in total.